The Bertz CT molecular complexity index is 558. The molecule has 1 aliphatic carbocycles. The maximum absolute atomic E-state index is 6.01. The van der Waals surface area contributed by atoms with Crippen molar-refractivity contribution in [1.82, 2.24) is 9.55 Å². The smallest absolute Gasteiger partial charge is 0.125 e. The van der Waals surface area contributed by atoms with Gasteiger partial charge >= 0.3 is 0 Å². The molecular formula is C13H14BrClN2. The lowest BCUT2D eigenvalue weighted by Gasteiger charge is -2.35. The molecule has 1 aliphatic rings. The summed E-state index contributed by atoms with van der Waals surface area (Å²) in [7, 11) is 0. The maximum Gasteiger partial charge on any atom is 0.125 e. The first-order valence-electron chi connectivity index (χ1n) is 5.91. The predicted molar refractivity (Wildman–Crippen MR) is 74.4 cm³/mol. The number of rotatable bonds is 2. The Morgan fingerprint density at radius 1 is 1.47 bits per heavy atom. The van der Waals surface area contributed by atoms with E-state index >= 15 is 0 Å². The van der Waals surface area contributed by atoms with E-state index in [0.29, 0.717) is 11.9 Å². The minimum Gasteiger partial charge on any atom is -0.324 e. The van der Waals surface area contributed by atoms with Crippen molar-refractivity contribution in [2.24, 2.45) is 5.92 Å². The van der Waals surface area contributed by atoms with Crippen molar-refractivity contribution >= 4 is 38.6 Å². The Morgan fingerprint density at radius 2 is 2.24 bits per heavy atom. The Kier molecular flexibility index (Phi) is 2.91. The first-order valence-corrected chi connectivity index (χ1v) is 7.24. The molecule has 3 rings (SSSR count). The van der Waals surface area contributed by atoms with Gasteiger partial charge in [0, 0.05) is 10.5 Å². The normalized spacial score (nSPS) is 23.9. The van der Waals surface area contributed by atoms with Crippen molar-refractivity contribution in [1.29, 1.82) is 0 Å². The van der Waals surface area contributed by atoms with Crippen LogP contribution in [0, 0.1) is 5.92 Å². The predicted octanol–water partition coefficient (Wildman–Crippen LogP) is 4.51. The van der Waals surface area contributed by atoms with E-state index in [9.17, 15) is 0 Å². The molecule has 0 radical (unpaired) electrons. The molecule has 0 spiro atoms. The monoisotopic (exact) mass is 312 g/mol. The van der Waals surface area contributed by atoms with Crippen LogP contribution in [0.5, 0.6) is 0 Å². The zero-order valence-corrected chi connectivity index (χ0v) is 12.0. The lowest BCUT2D eigenvalue weighted by atomic mass is 9.81. The van der Waals surface area contributed by atoms with E-state index in [0.717, 1.165) is 21.7 Å². The third kappa shape index (κ3) is 1.89. The molecule has 1 heterocycles. The Labute approximate surface area is 114 Å². The van der Waals surface area contributed by atoms with Crippen molar-refractivity contribution in [3.05, 3.63) is 28.5 Å². The molecule has 2 nitrogen and oxygen atoms in total. The van der Waals surface area contributed by atoms with Crippen LogP contribution in [0.25, 0.3) is 11.0 Å². The highest BCUT2D eigenvalue weighted by atomic mass is 79.9. The number of aromatic nitrogens is 2. The molecule has 2 aromatic rings. The van der Waals surface area contributed by atoms with Gasteiger partial charge in [0.2, 0.25) is 0 Å². The van der Waals surface area contributed by atoms with Gasteiger partial charge in [-0.05, 0) is 37.0 Å². The first-order chi connectivity index (χ1) is 8.19. The van der Waals surface area contributed by atoms with E-state index in [1.54, 1.807) is 0 Å². The summed E-state index contributed by atoms with van der Waals surface area (Å²) < 4.78 is 3.40. The zero-order chi connectivity index (χ0) is 12.0. The van der Waals surface area contributed by atoms with Gasteiger partial charge < -0.3 is 4.57 Å². The van der Waals surface area contributed by atoms with Gasteiger partial charge in [0.15, 0.2) is 0 Å². The third-order valence-electron chi connectivity index (χ3n) is 3.56. The summed E-state index contributed by atoms with van der Waals surface area (Å²) in [5, 5.41) is 0. The number of nitrogens with zero attached hydrogens (tertiary/aromatic N) is 2. The summed E-state index contributed by atoms with van der Waals surface area (Å²) in [6, 6.07) is 6.85. The number of imidazole rings is 1. The van der Waals surface area contributed by atoms with Gasteiger partial charge in [0.25, 0.3) is 0 Å². The van der Waals surface area contributed by atoms with Crippen LogP contribution in [0.2, 0.25) is 0 Å². The van der Waals surface area contributed by atoms with E-state index in [2.05, 4.69) is 50.6 Å². The lowest BCUT2D eigenvalue weighted by molar-refractivity contribution is 0.217. The van der Waals surface area contributed by atoms with E-state index < -0.39 is 0 Å². The van der Waals surface area contributed by atoms with Crippen molar-refractivity contribution in [2.45, 2.75) is 31.7 Å². The molecule has 17 heavy (non-hydrogen) atoms. The van der Waals surface area contributed by atoms with Gasteiger partial charge in [-0.1, -0.05) is 22.9 Å². The molecule has 1 aromatic carbocycles. The number of benzene rings is 1. The third-order valence-corrected chi connectivity index (χ3v) is 4.29. The Balaban J connectivity index is 2.13. The van der Waals surface area contributed by atoms with Crippen LogP contribution in [0.4, 0.5) is 0 Å². The molecule has 0 atom stereocenters. The fourth-order valence-electron chi connectivity index (χ4n) is 2.69. The SMILES string of the molecule is CC1CC(n2c(CCl)nc3cc(Br)ccc32)C1. The van der Waals surface area contributed by atoms with Crippen LogP contribution in [-0.2, 0) is 5.88 Å². The summed E-state index contributed by atoms with van der Waals surface area (Å²) >= 11 is 9.49. The second kappa shape index (κ2) is 4.29. The van der Waals surface area contributed by atoms with Gasteiger partial charge in [-0.15, -0.1) is 11.6 Å². The molecule has 4 heteroatoms. The van der Waals surface area contributed by atoms with Crippen LogP contribution in [0.1, 0.15) is 31.6 Å². The summed E-state index contributed by atoms with van der Waals surface area (Å²) in [6.45, 7) is 2.30. The molecule has 0 amide bonds. The second-order valence-electron chi connectivity index (χ2n) is 4.90. The van der Waals surface area contributed by atoms with Crippen LogP contribution >= 0.6 is 27.5 Å². The van der Waals surface area contributed by atoms with Crippen LogP contribution in [-0.4, -0.2) is 9.55 Å². The fraction of sp³-hybridized carbons (Fsp3) is 0.462. The van der Waals surface area contributed by atoms with Gasteiger partial charge in [0.1, 0.15) is 5.82 Å². The second-order valence-corrected chi connectivity index (χ2v) is 6.08. The van der Waals surface area contributed by atoms with E-state index in [1.807, 2.05) is 0 Å². The highest BCUT2D eigenvalue weighted by molar-refractivity contribution is 9.10. The van der Waals surface area contributed by atoms with Crippen molar-refractivity contribution < 1.29 is 0 Å². The maximum atomic E-state index is 6.01. The first kappa shape index (κ1) is 11.5. The number of alkyl halides is 1. The van der Waals surface area contributed by atoms with Crippen LogP contribution in [0.3, 0.4) is 0 Å². The molecule has 0 unspecified atom stereocenters. The Morgan fingerprint density at radius 3 is 2.88 bits per heavy atom. The minimum absolute atomic E-state index is 0.483. The molecule has 0 bridgehead atoms. The summed E-state index contributed by atoms with van der Waals surface area (Å²) in [4.78, 5) is 4.62. The molecule has 0 N–H and O–H groups in total. The van der Waals surface area contributed by atoms with Crippen molar-refractivity contribution in [3.8, 4) is 0 Å². The Hall–Kier alpha value is -0.540. The summed E-state index contributed by atoms with van der Waals surface area (Å²) in [5.74, 6) is 2.31. The van der Waals surface area contributed by atoms with Gasteiger partial charge in [-0.2, -0.15) is 0 Å². The average Bonchev–Trinajstić information content (AvgIpc) is 2.62. The molecule has 1 aromatic heterocycles. The molecule has 0 saturated heterocycles. The summed E-state index contributed by atoms with van der Waals surface area (Å²) in [6.07, 6.45) is 2.48. The van der Waals surface area contributed by atoms with Gasteiger partial charge in [-0.3, -0.25) is 0 Å². The van der Waals surface area contributed by atoms with E-state index in [1.165, 1.54) is 18.4 Å². The minimum atomic E-state index is 0.483. The molecule has 90 valence electrons. The van der Waals surface area contributed by atoms with Crippen molar-refractivity contribution in [2.75, 3.05) is 0 Å². The van der Waals surface area contributed by atoms with Gasteiger partial charge in [0.05, 0.1) is 16.9 Å². The highest BCUT2D eigenvalue weighted by Gasteiger charge is 2.29. The van der Waals surface area contributed by atoms with Crippen LogP contribution < -0.4 is 0 Å². The molecule has 1 saturated carbocycles. The zero-order valence-electron chi connectivity index (χ0n) is 9.66. The molecule has 1 fully saturated rings. The lowest BCUT2D eigenvalue weighted by Crippen LogP contribution is -2.25. The highest BCUT2D eigenvalue weighted by Crippen LogP contribution is 2.40. The topological polar surface area (TPSA) is 17.8 Å². The molecular weight excluding hydrogens is 300 g/mol. The summed E-state index contributed by atoms with van der Waals surface area (Å²) in [5.41, 5.74) is 2.25. The number of fused-ring (bicyclic) bond motifs is 1. The largest absolute Gasteiger partial charge is 0.324 e. The number of halogens is 2. The van der Waals surface area contributed by atoms with Crippen molar-refractivity contribution in [3.63, 3.8) is 0 Å². The fourth-order valence-corrected chi connectivity index (χ4v) is 3.23. The van der Waals surface area contributed by atoms with E-state index in [-0.39, 0.29) is 0 Å². The average molecular weight is 314 g/mol. The van der Waals surface area contributed by atoms with Crippen LogP contribution in [0.15, 0.2) is 22.7 Å². The number of hydrogen-bond donors (Lipinski definition) is 0. The molecule has 0 aliphatic heterocycles. The number of hydrogen-bond acceptors (Lipinski definition) is 1. The quantitative estimate of drug-likeness (QED) is 0.746. The standard InChI is InChI=1S/C13H14BrClN2/c1-8-4-10(5-8)17-12-3-2-9(14)6-11(12)16-13(17)7-15/h2-3,6,8,10H,4-5,7H2,1H3. The van der Waals surface area contributed by atoms with Gasteiger partial charge in [-0.25, -0.2) is 4.98 Å². The van der Waals surface area contributed by atoms with E-state index in [4.69, 9.17) is 11.6 Å².